The average Bonchev–Trinajstić information content (AvgIpc) is 2.99. The van der Waals surface area contributed by atoms with Crippen molar-refractivity contribution in [3.05, 3.63) is 94.8 Å². The number of anilines is 1. The van der Waals surface area contributed by atoms with Gasteiger partial charge in [-0.1, -0.05) is 25.1 Å². The molecule has 6 nitrogen and oxygen atoms in total. The zero-order valence-electron chi connectivity index (χ0n) is 15.9. The molecule has 0 saturated heterocycles. The SMILES string of the molecule is CCc1ccccc1NC(=O)c1ccc2c(c1)C(=O)N(Cc1ccncc1)C2=O. The van der Waals surface area contributed by atoms with Crippen LogP contribution in [0.2, 0.25) is 0 Å². The molecule has 2 aromatic carbocycles. The molecule has 1 N–H and O–H groups in total. The van der Waals surface area contributed by atoms with Crippen molar-refractivity contribution in [2.24, 2.45) is 0 Å². The van der Waals surface area contributed by atoms with Gasteiger partial charge >= 0.3 is 0 Å². The molecule has 4 rings (SSSR count). The molecule has 3 aromatic rings. The second-order valence-corrected chi connectivity index (χ2v) is 6.78. The van der Waals surface area contributed by atoms with E-state index in [9.17, 15) is 14.4 Å². The van der Waals surface area contributed by atoms with Gasteiger partial charge in [0.15, 0.2) is 0 Å². The Morgan fingerprint density at radius 1 is 0.966 bits per heavy atom. The van der Waals surface area contributed by atoms with E-state index in [1.165, 1.54) is 11.0 Å². The number of nitrogens with one attached hydrogen (secondary N) is 1. The molecular formula is C23H19N3O3. The maximum absolute atomic E-state index is 12.8. The van der Waals surface area contributed by atoms with Crippen molar-refractivity contribution < 1.29 is 14.4 Å². The zero-order chi connectivity index (χ0) is 20.4. The fourth-order valence-corrected chi connectivity index (χ4v) is 3.39. The number of carbonyl (C=O) groups is 3. The molecule has 0 bridgehead atoms. The van der Waals surface area contributed by atoms with Crippen molar-refractivity contribution in [2.75, 3.05) is 5.32 Å². The Balaban J connectivity index is 1.58. The number of carbonyl (C=O) groups excluding carboxylic acids is 3. The number of aryl methyl sites for hydroxylation is 1. The number of rotatable bonds is 5. The molecule has 0 saturated carbocycles. The summed E-state index contributed by atoms with van der Waals surface area (Å²) in [7, 11) is 0. The number of amides is 3. The molecule has 0 spiro atoms. The molecule has 1 aliphatic rings. The highest BCUT2D eigenvalue weighted by Crippen LogP contribution is 2.26. The maximum Gasteiger partial charge on any atom is 0.261 e. The number of benzene rings is 2. The van der Waals surface area contributed by atoms with Gasteiger partial charge in [-0.2, -0.15) is 0 Å². The van der Waals surface area contributed by atoms with Crippen LogP contribution in [0.5, 0.6) is 0 Å². The number of pyridine rings is 1. The van der Waals surface area contributed by atoms with Crippen LogP contribution in [0.4, 0.5) is 5.69 Å². The Bertz CT molecular complexity index is 1110. The topological polar surface area (TPSA) is 79.4 Å². The minimum absolute atomic E-state index is 0.167. The lowest BCUT2D eigenvalue weighted by molar-refractivity contribution is 0.0642. The molecule has 144 valence electrons. The molecule has 0 unspecified atom stereocenters. The third kappa shape index (κ3) is 3.52. The molecule has 29 heavy (non-hydrogen) atoms. The van der Waals surface area contributed by atoms with Gasteiger partial charge in [0.2, 0.25) is 0 Å². The van der Waals surface area contributed by atoms with E-state index in [1.807, 2.05) is 31.2 Å². The smallest absolute Gasteiger partial charge is 0.261 e. The van der Waals surface area contributed by atoms with Crippen LogP contribution in [0.25, 0.3) is 0 Å². The molecule has 0 aliphatic carbocycles. The van der Waals surface area contributed by atoms with E-state index in [0.717, 1.165) is 23.2 Å². The number of fused-ring (bicyclic) bond motifs is 1. The van der Waals surface area contributed by atoms with Gasteiger partial charge in [-0.15, -0.1) is 0 Å². The summed E-state index contributed by atoms with van der Waals surface area (Å²) in [6.45, 7) is 2.18. The van der Waals surface area contributed by atoms with Crippen molar-refractivity contribution in [2.45, 2.75) is 19.9 Å². The van der Waals surface area contributed by atoms with Crippen molar-refractivity contribution in [1.29, 1.82) is 0 Å². The van der Waals surface area contributed by atoms with Crippen molar-refractivity contribution in [1.82, 2.24) is 9.88 Å². The first-order chi connectivity index (χ1) is 14.1. The summed E-state index contributed by atoms with van der Waals surface area (Å²) < 4.78 is 0. The number of aromatic nitrogens is 1. The third-order valence-electron chi connectivity index (χ3n) is 4.97. The molecule has 0 atom stereocenters. The highest BCUT2D eigenvalue weighted by Gasteiger charge is 2.36. The minimum Gasteiger partial charge on any atom is -0.322 e. The van der Waals surface area contributed by atoms with Crippen molar-refractivity contribution in [3.63, 3.8) is 0 Å². The molecule has 1 aromatic heterocycles. The monoisotopic (exact) mass is 385 g/mol. The van der Waals surface area contributed by atoms with E-state index < -0.39 is 5.91 Å². The number of hydrogen-bond donors (Lipinski definition) is 1. The largest absolute Gasteiger partial charge is 0.322 e. The van der Waals surface area contributed by atoms with Gasteiger partial charge in [0.25, 0.3) is 17.7 Å². The minimum atomic E-state index is -0.398. The summed E-state index contributed by atoms with van der Waals surface area (Å²) >= 11 is 0. The van der Waals surface area contributed by atoms with Crippen LogP contribution >= 0.6 is 0 Å². The van der Waals surface area contributed by atoms with E-state index >= 15 is 0 Å². The molecule has 0 radical (unpaired) electrons. The predicted molar refractivity (Wildman–Crippen MR) is 109 cm³/mol. The summed E-state index contributed by atoms with van der Waals surface area (Å²) in [6, 6.07) is 15.7. The number of imide groups is 1. The summed E-state index contributed by atoms with van der Waals surface area (Å²) in [5.74, 6) is -1.07. The summed E-state index contributed by atoms with van der Waals surface area (Å²) in [4.78, 5) is 43.3. The molecule has 3 amide bonds. The normalized spacial score (nSPS) is 12.8. The highest BCUT2D eigenvalue weighted by atomic mass is 16.2. The molecular weight excluding hydrogens is 366 g/mol. The molecule has 6 heteroatoms. The van der Waals surface area contributed by atoms with Gasteiger partial charge in [0.1, 0.15) is 0 Å². The number of nitrogens with zero attached hydrogens (tertiary/aromatic N) is 2. The molecule has 0 fully saturated rings. The van der Waals surface area contributed by atoms with E-state index in [4.69, 9.17) is 0 Å². The van der Waals surface area contributed by atoms with Crippen LogP contribution < -0.4 is 5.32 Å². The van der Waals surface area contributed by atoms with Gasteiger partial charge in [0.05, 0.1) is 17.7 Å². The van der Waals surface area contributed by atoms with Crippen molar-refractivity contribution in [3.8, 4) is 0 Å². The summed E-state index contributed by atoms with van der Waals surface area (Å²) in [5, 5.41) is 2.89. The maximum atomic E-state index is 12.8. The van der Waals surface area contributed by atoms with E-state index in [2.05, 4.69) is 10.3 Å². The second kappa shape index (κ2) is 7.67. The van der Waals surface area contributed by atoms with Crippen LogP contribution in [0.1, 0.15) is 49.1 Å². The lowest BCUT2D eigenvalue weighted by Crippen LogP contribution is -2.29. The Morgan fingerprint density at radius 3 is 2.45 bits per heavy atom. The van der Waals surface area contributed by atoms with E-state index in [1.54, 1.807) is 36.7 Å². The molecule has 1 aliphatic heterocycles. The van der Waals surface area contributed by atoms with Crippen LogP contribution in [0.15, 0.2) is 67.0 Å². The Morgan fingerprint density at radius 2 is 1.69 bits per heavy atom. The second-order valence-electron chi connectivity index (χ2n) is 6.78. The number of hydrogen-bond acceptors (Lipinski definition) is 4. The third-order valence-corrected chi connectivity index (χ3v) is 4.97. The van der Waals surface area contributed by atoms with Crippen LogP contribution in [0.3, 0.4) is 0 Å². The first kappa shape index (κ1) is 18.6. The average molecular weight is 385 g/mol. The fourth-order valence-electron chi connectivity index (χ4n) is 3.39. The molecule has 2 heterocycles. The fraction of sp³-hybridized carbons (Fsp3) is 0.130. The van der Waals surface area contributed by atoms with Gasteiger partial charge in [-0.3, -0.25) is 24.3 Å². The Kier molecular flexibility index (Phi) is 4.91. The first-order valence-corrected chi connectivity index (χ1v) is 9.37. The standard InChI is InChI=1S/C23H19N3O3/c1-2-16-5-3-4-6-20(16)25-21(27)17-7-8-18-19(13-17)23(29)26(22(18)28)14-15-9-11-24-12-10-15/h3-13H,2,14H2,1H3,(H,25,27). The predicted octanol–water partition coefficient (Wildman–Crippen LogP) is 3.69. The van der Waals surface area contributed by atoms with E-state index in [0.29, 0.717) is 11.1 Å². The summed E-state index contributed by atoms with van der Waals surface area (Å²) in [5.41, 5.74) is 3.47. The van der Waals surface area contributed by atoms with Gasteiger partial charge in [-0.05, 0) is 53.9 Å². The Hall–Kier alpha value is -3.80. The van der Waals surface area contributed by atoms with Crippen LogP contribution in [-0.4, -0.2) is 27.6 Å². The van der Waals surface area contributed by atoms with Gasteiger partial charge in [0, 0.05) is 23.6 Å². The van der Waals surface area contributed by atoms with Crippen LogP contribution in [-0.2, 0) is 13.0 Å². The van der Waals surface area contributed by atoms with E-state index in [-0.39, 0.29) is 23.9 Å². The lowest BCUT2D eigenvalue weighted by Gasteiger charge is -2.13. The highest BCUT2D eigenvalue weighted by molar-refractivity contribution is 6.22. The zero-order valence-corrected chi connectivity index (χ0v) is 15.9. The lowest BCUT2D eigenvalue weighted by atomic mass is 10.0. The summed E-state index contributed by atoms with van der Waals surface area (Å²) in [6.07, 6.45) is 4.02. The van der Waals surface area contributed by atoms with Gasteiger partial charge < -0.3 is 5.32 Å². The first-order valence-electron chi connectivity index (χ1n) is 9.37. The van der Waals surface area contributed by atoms with Crippen molar-refractivity contribution >= 4 is 23.4 Å². The Labute approximate surface area is 168 Å². The quantitative estimate of drug-likeness (QED) is 0.680. The number of para-hydroxylation sites is 1. The van der Waals surface area contributed by atoms with Crippen LogP contribution in [0, 0.1) is 0 Å². The van der Waals surface area contributed by atoms with Gasteiger partial charge in [-0.25, -0.2) is 0 Å².